The average molecular weight is 356 g/mol. The predicted molar refractivity (Wildman–Crippen MR) is 105 cm³/mol. The lowest BCUT2D eigenvalue weighted by atomic mass is 9.99. The number of piperidine rings is 1. The maximum absolute atomic E-state index is 13.5. The van der Waals surface area contributed by atoms with Crippen molar-refractivity contribution < 1.29 is 4.79 Å². The van der Waals surface area contributed by atoms with Gasteiger partial charge in [-0.1, -0.05) is 30.3 Å². The zero-order chi connectivity index (χ0) is 17.8. The number of hydrogen-bond donors (Lipinski definition) is 0. The molecule has 0 aliphatic carbocycles. The molecular formula is C22H33N3O. The first-order chi connectivity index (χ1) is 12.8. The number of carbonyl (C=O) groups is 1. The fourth-order valence-corrected chi connectivity index (χ4v) is 5.05. The van der Waals surface area contributed by atoms with Crippen LogP contribution in [0.4, 0.5) is 0 Å². The first kappa shape index (κ1) is 18.0. The molecule has 3 saturated heterocycles. The number of hydrogen-bond acceptors (Lipinski definition) is 3. The summed E-state index contributed by atoms with van der Waals surface area (Å²) in [5, 5.41) is 0. The van der Waals surface area contributed by atoms with Crippen LogP contribution in [0.15, 0.2) is 30.3 Å². The highest BCUT2D eigenvalue weighted by Gasteiger charge is 2.37. The van der Waals surface area contributed by atoms with Crippen molar-refractivity contribution in [3.05, 3.63) is 35.9 Å². The summed E-state index contributed by atoms with van der Waals surface area (Å²) in [7, 11) is 0. The number of carbonyl (C=O) groups excluding carboxylic acids is 1. The first-order valence-electron chi connectivity index (χ1n) is 10.6. The molecule has 3 aliphatic rings. The Morgan fingerprint density at radius 2 is 1.65 bits per heavy atom. The fourth-order valence-electron chi connectivity index (χ4n) is 5.05. The van der Waals surface area contributed by atoms with Crippen LogP contribution >= 0.6 is 0 Å². The van der Waals surface area contributed by atoms with Crippen molar-refractivity contribution >= 4 is 5.91 Å². The van der Waals surface area contributed by atoms with E-state index in [9.17, 15) is 4.79 Å². The zero-order valence-corrected chi connectivity index (χ0v) is 16.0. The van der Waals surface area contributed by atoms with Gasteiger partial charge in [-0.3, -0.25) is 9.69 Å². The maximum Gasteiger partial charge on any atom is 0.240 e. The van der Waals surface area contributed by atoms with Crippen LogP contribution in [0.3, 0.4) is 0 Å². The van der Waals surface area contributed by atoms with E-state index in [-0.39, 0.29) is 6.04 Å². The van der Waals surface area contributed by atoms with Gasteiger partial charge in [0.25, 0.3) is 0 Å². The van der Waals surface area contributed by atoms with Crippen molar-refractivity contribution in [2.45, 2.75) is 63.6 Å². The fraction of sp³-hybridized carbons (Fsp3) is 0.682. The normalized spacial score (nSPS) is 27.9. The Labute approximate surface area is 158 Å². The third-order valence-corrected chi connectivity index (χ3v) is 6.46. The van der Waals surface area contributed by atoms with Crippen LogP contribution in [0.1, 0.15) is 50.5 Å². The summed E-state index contributed by atoms with van der Waals surface area (Å²) in [6.07, 6.45) is 8.47. The molecule has 3 fully saturated rings. The summed E-state index contributed by atoms with van der Waals surface area (Å²) in [4.78, 5) is 20.7. The van der Waals surface area contributed by atoms with Crippen LogP contribution in [-0.2, 0) is 11.3 Å². The Morgan fingerprint density at radius 3 is 2.46 bits per heavy atom. The van der Waals surface area contributed by atoms with E-state index in [1.165, 1.54) is 50.8 Å². The summed E-state index contributed by atoms with van der Waals surface area (Å²) in [6, 6.07) is 11.1. The van der Waals surface area contributed by atoms with Crippen molar-refractivity contribution in [1.29, 1.82) is 0 Å². The molecule has 4 rings (SSSR count). The molecule has 0 aromatic heterocycles. The molecule has 2 atom stereocenters. The lowest BCUT2D eigenvalue weighted by Crippen LogP contribution is -2.54. The van der Waals surface area contributed by atoms with Gasteiger partial charge in [0.15, 0.2) is 0 Å². The van der Waals surface area contributed by atoms with Gasteiger partial charge in [0.2, 0.25) is 5.91 Å². The number of nitrogens with zero attached hydrogens (tertiary/aromatic N) is 3. The van der Waals surface area contributed by atoms with E-state index in [1.807, 2.05) is 0 Å². The summed E-state index contributed by atoms with van der Waals surface area (Å²) in [6.45, 7) is 6.46. The number of rotatable bonds is 5. The van der Waals surface area contributed by atoms with Gasteiger partial charge in [-0.25, -0.2) is 0 Å². The minimum atomic E-state index is 0.0920. The third kappa shape index (κ3) is 4.12. The Morgan fingerprint density at radius 1 is 0.885 bits per heavy atom. The Bertz CT molecular complexity index is 584. The second kappa shape index (κ2) is 8.53. The molecule has 4 nitrogen and oxygen atoms in total. The zero-order valence-electron chi connectivity index (χ0n) is 16.0. The van der Waals surface area contributed by atoms with Gasteiger partial charge in [-0.15, -0.1) is 0 Å². The summed E-state index contributed by atoms with van der Waals surface area (Å²) in [5.74, 6) is 0.405. The van der Waals surface area contributed by atoms with Crippen molar-refractivity contribution in [3.63, 3.8) is 0 Å². The molecule has 4 heteroatoms. The molecule has 1 unspecified atom stereocenters. The Hall–Kier alpha value is -1.39. The molecule has 0 radical (unpaired) electrons. The van der Waals surface area contributed by atoms with Crippen molar-refractivity contribution in [2.24, 2.45) is 0 Å². The van der Waals surface area contributed by atoms with Crippen molar-refractivity contribution in [3.8, 4) is 0 Å². The summed E-state index contributed by atoms with van der Waals surface area (Å²) in [5.41, 5.74) is 1.32. The first-order valence-corrected chi connectivity index (χ1v) is 10.6. The molecule has 1 aromatic carbocycles. The van der Waals surface area contributed by atoms with Crippen LogP contribution in [0.2, 0.25) is 0 Å². The van der Waals surface area contributed by atoms with E-state index >= 15 is 0 Å². The quantitative estimate of drug-likeness (QED) is 0.812. The number of likely N-dealkylation sites (tertiary alicyclic amines) is 3. The van der Waals surface area contributed by atoms with Gasteiger partial charge in [-0.2, -0.15) is 0 Å². The van der Waals surface area contributed by atoms with E-state index in [4.69, 9.17) is 0 Å². The molecule has 3 heterocycles. The van der Waals surface area contributed by atoms with Crippen molar-refractivity contribution in [2.75, 3.05) is 32.7 Å². The minimum absolute atomic E-state index is 0.0920. The predicted octanol–water partition coefficient (Wildman–Crippen LogP) is 3.13. The van der Waals surface area contributed by atoms with Gasteiger partial charge in [0, 0.05) is 25.7 Å². The number of benzene rings is 1. The van der Waals surface area contributed by atoms with Crippen LogP contribution < -0.4 is 0 Å². The molecule has 1 amide bonds. The minimum Gasteiger partial charge on any atom is -0.337 e. The van der Waals surface area contributed by atoms with Gasteiger partial charge in [0.1, 0.15) is 0 Å². The van der Waals surface area contributed by atoms with Crippen LogP contribution in [0.5, 0.6) is 0 Å². The molecule has 0 N–H and O–H groups in total. The van der Waals surface area contributed by atoms with Gasteiger partial charge < -0.3 is 9.80 Å². The van der Waals surface area contributed by atoms with E-state index in [0.717, 1.165) is 39.0 Å². The SMILES string of the molecule is O=C(C1CCCN1Cc1ccccc1)N1CCCC[C@H]1CN1CCCC1. The highest BCUT2D eigenvalue weighted by molar-refractivity contribution is 5.82. The molecule has 1 aromatic rings. The highest BCUT2D eigenvalue weighted by Crippen LogP contribution is 2.26. The third-order valence-electron chi connectivity index (χ3n) is 6.46. The molecule has 0 bridgehead atoms. The van der Waals surface area contributed by atoms with E-state index in [0.29, 0.717) is 11.9 Å². The Kier molecular flexibility index (Phi) is 5.91. The number of amides is 1. The van der Waals surface area contributed by atoms with Gasteiger partial charge in [-0.05, 0) is 70.1 Å². The van der Waals surface area contributed by atoms with E-state index in [1.54, 1.807) is 0 Å². The van der Waals surface area contributed by atoms with Gasteiger partial charge in [0.05, 0.1) is 6.04 Å². The van der Waals surface area contributed by atoms with Crippen LogP contribution in [0, 0.1) is 0 Å². The molecular weight excluding hydrogens is 322 g/mol. The van der Waals surface area contributed by atoms with Crippen molar-refractivity contribution in [1.82, 2.24) is 14.7 Å². The van der Waals surface area contributed by atoms with E-state index in [2.05, 4.69) is 45.0 Å². The topological polar surface area (TPSA) is 26.8 Å². The average Bonchev–Trinajstić information content (AvgIpc) is 3.35. The van der Waals surface area contributed by atoms with Gasteiger partial charge >= 0.3 is 0 Å². The second-order valence-electron chi connectivity index (χ2n) is 8.30. The molecule has 26 heavy (non-hydrogen) atoms. The lowest BCUT2D eigenvalue weighted by molar-refractivity contribution is -0.140. The largest absolute Gasteiger partial charge is 0.337 e. The highest BCUT2D eigenvalue weighted by atomic mass is 16.2. The maximum atomic E-state index is 13.5. The smallest absolute Gasteiger partial charge is 0.240 e. The molecule has 0 spiro atoms. The molecule has 0 saturated carbocycles. The van der Waals surface area contributed by atoms with E-state index < -0.39 is 0 Å². The van der Waals surface area contributed by atoms with Crippen LogP contribution in [-0.4, -0.2) is 65.4 Å². The van der Waals surface area contributed by atoms with Crippen LogP contribution in [0.25, 0.3) is 0 Å². The monoisotopic (exact) mass is 355 g/mol. The lowest BCUT2D eigenvalue weighted by Gasteiger charge is -2.40. The summed E-state index contributed by atoms with van der Waals surface area (Å²) < 4.78 is 0. The molecule has 142 valence electrons. The second-order valence-corrected chi connectivity index (χ2v) is 8.30. The summed E-state index contributed by atoms with van der Waals surface area (Å²) >= 11 is 0. The Balaban J connectivity index is 1.41. The molecule has 3 aliphatic heterocycles. The standard InChI is InChI=1S/C22H33N3O/c26-22(21-12-8-15-24(21)17-19-9-2-1-3-10-19)25-16-5-4-11-20(25)18-23-13-6-7-14-23/h1-3,9-10,20-21H,4-8,11-18H2/t20-,21?/m0/s1.